The van der Waals surface area contributed by atoms with Crippen LogP contribution < -0.4 is 0 Å². The molecule has 2 aromatic heterocycles. The van der Waals surface area contributed by atoms with Crippen LogP contribution in [0.4, 0.5) is 0 Å². The fraction of sp³-hybridized carbons (Fsp3) is 0.0204. The van der Waals surface area contributed by atoms with Gasteiger partial charge in [-0.15, -0.1) is 0 Å². The Balaban J connectivity index is 1.21. The van der Waals surface area contributed by atoms with Gasteiger partial charge >= 0.3 is 0 Å². The molecule has 9 aromatic rings. The zero-order valence-corrected chi connectivity index (χ0v) is 28.4. The van der Waals surface area contributed by atoms with Gasteiger partial charge in [-0.3, -0.25) is 9.55 Å². The molecule has 0 bridgehead atoms. The van der Waals surface area contributed by atoms with E-state index in [1.54, 1.807) is 0 Å². The van der Waals surface area contributed by atoms with Crippen LogP contribution in [0.3, 0.4) is 0 Å². The molecule has 1 aliphatic carbocycles. The lowest BCUT2D eigenvalue weighted by molar-refractivity contribution is 0.769. The van der Waals surface area contributed by atoms with Gasteiger partial charge in [-0.1, -0.05) is 146 Å². The molecule has 2 heterocycles. The minimum absolute atomic E-state index is 0.489. The van der Waals surface area contributed by atoms with Gasteiger partial charge in [-0.05, 0) is 93.0 Å². The predicted octanol–water partition coefficient (Wildman–Crippen LogP) is 11.8. The highest BCUT2D eigenvalue weighted by atomic mass is 15.1. The average Bonchev–Trinajstić information content (AvgIpc) is 3.76. The molecule has 0 fully saturated rings. The fourth-order valence-corrected chi connectivity index (χ4v) is 8.32. The minimum Gasteiger partial charge on any atom is -0.292 e. The van der Waals surface area contributed by atoms with E-state index in [9.17, 15) is 0 Å². The van der Waals surface area contributed by atoms with Crippen LogP contribution in [0, 0.1) is 0 Å². The van der Waals surface area contributed by atoms with E-state index >= 15 is 0 Å². The minimum atomic E-state index is -0.489. The van der Waals surface area contributed by atoms with Crippen molar-refractivity contribution < 1.29 is 0 Å². The second kappa shape index (κ2) is 12.2. The maximum Gasteiger partial charge on any atom is 0.145 e. The number of benzene rings is 7. The van der Waals surface area contributed by atoms with Crippen molar-refractivity contribution in [2.24, 2.45) is 0 Å². The summed E-state index contributed by atoms with van der Waals surface area (Å²) in [6.45, 7) is 0. The first-order valence-corrected chi connectivity index (χ1v) is 17.8. The van der Waals surface area contributed by atoms with Crippen molar-refractivity contribution in [1.82, 2.24) is 14.5 Å². The van der Waals surface area contributed by atoms with Crippen LogP contribution in [-0.4, -0.2) is 14.5 Å². The lowest BCUT2D eigenvalue weighted by Gasteiger charge is -2.34. The van der Waals surface area contributed by atoms with E-state index in [1.165, 1.54) is 33.4 Å². The van der Waals surface area contributed by atoms with Gasteiger partial charge in [0.25, 0.3) is 0 Å². The second-order valence-electron chi connectivity index (χ2n) is 13.4. The Morgan fingerprint density at radius 2 is 1.06 bits per heavy atom. The summed E-state index contributed by atoms with van der Waals surface area (Å²) in [6, 6.07) is 69.6. The van der Waals surface area contributed by atoms with Crippen molar-refractivity contribution in [2.45, 2.75) is 5.41 Å². The van der Waals surface area contributed by atoms with Crippen LogP contribution in [0.5, 0.6) is 0 Å². The predicted molar refractivity (Wildman–Crippen MR) is 212 cm³/mol. The molecule has 0 aliphatic heterocycles. The summed E-state index contributed by atoms with van der Waals surface area (Å²) in [4.78, 5) is 10.0. The molecule has 3 nitrogen and oxygen atoms in total. The molecule has 244 valence electrons. The maximum absolute atomic E-state index is 5.07. The van der Waals surface area contributed by atoms with Gasteiger partial charge in [0, 0.05) is 23.0 Å². The van der Waals surface area contributed by atoms with Gasteiger partial charge in [0.05, 0.1) is 22.1 Å². The summed E-state index contributed by atoms with van der Waals surface area (Å²) in [6.07, 6.45) is 1.89. The highest BCUT2D eigenvalue weighted by Gasteiger charge is 2.46. The van der Waals surface area contributed by atoms with E-state index in [4.69, 9.17) is 9.97 Å². The van der Waals surface area contributed by atoms with Crippen molar-refractivity contribution in [3.8, 4) is 50.6 Å². The first-order chi connectivity index (χ1) is 25.8. The molecule has 1 aliphatic rings. The normalized spacial score (nSPS) is 12.8. The molecular formula is C49H33N3. The van der Waals surface area contributed by atoms with Crippen molar-refractivity contribution in [1.29, 1.82) is 0 Å². The van der Waals surface area contributed by atoms with Crippen LogP contribution in [-0.2, 0) is 5.41 Å². The van der Waals surface area contributed by atoms with Gasteiger partial charge in [0.1, 0.15) is 5.82 Å². The molecule has 0 atom stereocenters. The van der Waals surface area contributed by atoms with Crippen LogP contribution in [0.1, 0.15) is 22.3 Å². The number of fused-ring (bicyclic) bond motifs is 4. The zero-order chi connectivity index (χ0) is 34.5. The number of imidazole rings is 1. The molecule has 0 N–H and O–H groups in total. The Morgan fingerprint density at radius 1 is 0.423 bits per heavy atom. The molecule has 52 heavy (non-hydrogen) atoms. The molecule has 0 unspecified atom stereocenters. The molecule has 3 heteroatoms. The van der Waals surface area contributed by atoms with Gasteiger partial charge in [0.2, 0.25) is 0 Å². The van der Waals surface area contributed by atoms with Gasteiger partial charge < -0.3 is 0 Å². The Hall–Kier alpha value is -6.84. The van der Waals surface area contributed by atoms with Crippen LogP contribution in [0.15, 0.2) is 200 Å². The molecule has 7 aromatic carbocycles. The number of nitrogens with zero attached hydrogens (tertiary/aromatic N) is 3. The van der Waals surface area contributed by atoms with Crippen LogP contribution >= 0.6 is 0 Å². The van der Waals surface area contributed by atoms with Gasteiger partial charge in [-0.25, -0.2) is 4.98 Å². The average molecular weight is 664 g/mol. The Labute approximate surface area is 303 Å². The highest BCUT2D eigenvalue weighted by Crippen LogP contribution is 2.57. The quantitative estimate of drug-likeness (QED) is 0.177. The molecule has 10 rings (SSSR count). The van der Waals surface area contributed by atoms with E-state index in [0.717, 1.165) is 50.5 Å². The third-order valence-electron chi connectivity index (χ3n) is 10.6. The summed E-state index contributed by atoms with van der Waals surface area (Å²) >= 11 is 0. The fourth-order valence-electron chi connectivity index (χ4n) is 8.32. The largest absolute Gasteiger partial charge is 0.292 e. The van der Waals surface area contributed by atoms with Crippen molar-refractivity contribution >= 4 is 11.0 Å². The van der Waals surface area contributed by atoms with Crippen molar-refractivity contribution in [3.05, 3.63) is 223 Å². The standard InChI is InChI=1S/C49H33N3/c1-4-16-35(17-5-1)48-51-46-25-12-13-26-47(46)52(48)38-29-27-34(28-30-38)40-32-41-39-22-10-11-23-43(39)49(36-18-6-2-7-19-36,37-20-8-3-9-21-37)44(41)33-42(40)45-24-14-15-31-50-45/h1-33H. The third kappa shape index (κ3) is 4.60. The highest BCUT2D eigenvalue weighted by molar-refractivity contribution is 5.94. The Kier molecular flexibility index (Phi) is 7.04. The van der Waals surface area contributed by atoms with Crippen molar-refractivity contribution in [3.63, 3.8) is 0 Å². The summed E-state index contributed by atoms with van der Waals surface area (Å²) in [5, 5.41) is 0. The first kappa shape index (κ1) is 30.0. The molecule has 0 saturated heterocycles. The monoisotopic (exact) mass is 663 g/mol. The Morgan fingerprint density at radius 3 is 1.77 bits per heavy atom. The first-order valence-electron chi connectivity index (χ1n) is 17.8. The topological polar surface area (TPSA) is 30.7 Å². The van der Waals surface area contributed by atoms with Gasteiger partial charge in [0.15, 0.2) is 0 Å². The van der Waals surface area contributed by atoms with E-state index in [0.29, 0.717) is 0 Å². The number of hydrogen-bond acceptors (Lipinski definition) is 2. The lowest BCUT2D eigenvalue weighted by Crippen LogP contribution is -2.28. The van der Waals surface area contributed by atoms with Crippen LogP contribution in [0.2, 0.25) is 0 Å². The maximum atomic E-state index is 5.07. The molecular weight excluding hydrogens is 631 g/mol. The van der Waals surface area contributed by atoms with E-state index in [2.05, 4.69) is 180 Å². The Bertz CT molecular complexity index is 2660. The zero-order valence-electron chi connectivity index (χ0n) is 28.4. The summed E-state index contributed by atoms with van der Waals surface area (Å²) in [5.74, 6) is 0.927. The number of hydrogen-bond donors (Lipinski definition) is 0. The van der Waals surface area contributed by atoms with E-state index in [1.807, 2.05) is 24.4 Å². The van der Waals surface area contributed by atoms with E-state index < -0.39 is 5.41 Å². The van der Waals surface area contributed by atoms with Gasteiger partial charge in [-0.2, -0.15) is 0 Å². The number of para-hydroxylation sites is 2. The smallest absolute Gasteiger partial charge is 0.145 e. The van der Waals surface area contributed by atoms with Crippen LogP contribution in [0.25, 0.3) is 61.6 Å². The number of pyridine rings is 1. The molecule has 0 saturated carbocycles. The summed E-state index contributed by atoms with van der Waals surface area (Å²) in [5.41, 5.74) is 15.6. The molecule has 0 radical (unpaired) electrons. The second-order valence-corrected chi connectivity index (χ2v) is 13.4. The number of aromatic nitrogens is 3. The van der Waals surface area contributed by atoms with E-state index in [-0.39, 0.29) is 0 Å². The van der Waals surface area contributed by atoms with Crippen molar-refractivity contribution in [2.75, 3.05) is 0 Å². The lowest BCUT2D eigenvalue weighted by atomic mass is 9.67. The SMILES string of the molecule is c1ccc(-c2nc3ccccc3n2-c2ccc(-c3cc4c(cc3-c3ccccn3)C(c3ccccc3)(c3ccccc3)c3ccccc3-4)cc2)cc1. The number of rotatable bonds is 6. The summed E-state index contributed by atoms with van der Waals surface area (Å²) < 4.78 is 2.27. The molecule has 0 spiro atoms. The third-order valence-corrected chi connectivity index (χ3v) is 10.6. The molecule has 0 amide bonds. The summed E-state index contributed by atoms with van der Waals surface area (Å²) in [7, 11) is 0.